The number of aromatic nitrogens is 4. The van der Waals surface area contributed by atoms with Crippen molar-refractivity contribution in [3.8, 4) is 0 Å². The van der Waals surface area contributed by atoms with Gasteiger partial charge in [0.1, 0.15) is 0 Å². The van der Waals surface area contributed by atoms with Crippen molar-refractivity contribution in [3.05, 3.63) is 46.6 Å². The number of piperidine rings is 1. The second kappa shape index (κ2) is 7.93. The monoisotopic (exact) mass is 443 g/mol. The van der Waals surface area contributed by atoms with Crippen molar-refractivity contribution in [1.82, 2.24) is 24.8 Å². The number of amides is 1. The fourth-order valence-corrected chi connectivity index (χ4v) is 5.64. The average Bonchev–Trinajstić information content (AvgIpc) is 3.35. The van der Waals surface area contributed by atoms with E-state index in [2.05, 4.69) is 21.0 Å². The topological polar surface area (TPSA) is 74.8 Å². The molecule has 0 saturated carbocycles. The molecule has 1 amide bonds. The Hall–Kier alpha value is -2.16. The molecule has 4 heterocycles. The molecule has 0 spiro atoms. The number of para-hydroxylation sites is 1. The molecular formula is C20H18ClN5OS2. The highest BCUT2D eigenvalue weighted by Gasteiger charge is 2.27. The minimum atomic E-state index is 0.132. The van der Waals surface area contributed by atoms with E-state index in [-0.39, 0.29) is 5.91 Å². The van der Waals surface area contributed by atoms with Crippen LogP contribution in [0.25, 0.3) is 21.4 Å². The number of carbonyl (C=O) groups excluding carboxylic acids is 1. The minimum absolute atomic E-state index is 0.132. The first-order valence-electron chi connectivity index (χ1n) is 9.43. The number of rotatable bonds is 4. The van der Waals surface area contributed by atoms with E-state index in [4.69, 9.17) is 16.6 Å². The van der Waals surface area contributed by atoms with Gasteiger partial charge in [-0.1, -0.05) is 35.5 Å². The second-order valence-electron chi connectivity index (χ2n) is 7.05. The van der Waals surface area contributed by atoms with Crippen LogP contribution in [0, 0.1) is 0 Å². The minimum Gasteiger partial charge on any atom is -0.341 e. The van der Waals surface area contributed by atoms with Gasteiger partial charge in [-0.2, -0.15) is 0 Å². The summed E-state index contributed by atoms with van der Waals surface area (Å²) in [5.74, 6) is 0.792. The number of aromatic amines is 1. The van der Waals surface area contributed by atoms with Crippen molar-refractivity contribution >= 4 is 62.0 Å². The Morgan fingerprint density at radius 3 is 3.14 bits per heavy atom. The van der Waals surface area contributed by atoms with Crippen molar-refractivity contribution in [3.63, 3.8) is 0 Å². The molecule has 0 radical (unpaired) electrons. The lowest BCUT2D eigenvalue weighted by atomic mass is 9.99. The normalized spacial score (nSPS) is 17.3. The zero-order chi connectivity index (χ0) is 19.8. The maximum absolute atomic E-state index is 12.8. The van der Waals surface area contributed by atoms with Crippen LogP contribution >= 0.6 is 34.7 Å². The summed E-state index contributed by atoms with van der Waals surface area (Å²) in [5.41, 5.74) is 2.43. The quantitative estimate of drug-likeness (QED) is 0.462. The number of thioether (sulfide) groups is 1. The molecule has 1 aliphatic heterocycles. The van der Waals surface area contributed by atoms with Gasteiger partial charge in [-0.05, 0) is 31.0 Å². The molecular weight excluding hydrogens is 426 g/mol. The Morgan fingerprint density at radius 2 is 2.24 bits per heavy atom. The van der Waals surface area contributed by atoms with Crippen molar-refractivity contribution in [1.29, 1.82) is 0 Å². The van der Waals surface area contributed by atoms with E-state index in [1.54, 1.807) is 23.6 Å². The van der Waals surface area contributed by atoms with Gasteiger partial charge in [-0.3, -0.25) is 4.79 Å². The molecule has 4 aromatic rings. The summed E-state index contributed by atoms with van der Waals surface area (Å²) in [6.07, 6.45) is 3.65. The molecule has 1 aromatic carbocycles. The number of thiazole rings is 1. The van der Waals surface area contributed by atoms with Gasteiger partial charge in [0.05, 0.1) is 31.5 Å². The standard InChI is InChI=1S/C20H18ClN5OS2/c21-13-8-15-18(22-9-13)25-20(24-15)28-11-17(27)26-7-3-4-12(10-26)19-23-14-5-1-2-6-16(14)29-19/h1-2,5-6,8-9,12H,3-4,7,10-11H2,(H,22,24,25). The van der Waals surface area contributed by atoms with Crippen LogP contribution in [0.4, 0.5) is 0 Å². The van der Waals surface area contributed by atoms with Crippen molar-refractivity contribution in [2.24, 2.45) is 0 Å². The van der Waals surface area contributed by atoms with Crippen LogP contribution in [0.3, 0.4) is 0 Å². The number of H-pyrrole nitrogens is 1. The number of hydrogen-bond acceptors (Lipinski definition) is 6. The first-order valence-corrected chi connectivity index (χ1v) is 11.6. The molecule has 1 atom stereocenters. The number of nitrogens with zero attached hydrogens (tertiary/aromatic N) is 4. The zero-order valence-electron chi connectivity index (χ0n) is 15.5. The highest BCUT2D eigenvalue weighted by atomic mass is 35.5. The predicted octanol–water partition coefficient (Wildman–Crippen LogP) is 4.72. The van der Waals surface area contributed by atoms with Gasteiger partial charge in [0.25, 0.3) is 0 Å². The number of carbonyl (C=O) groups is 1. The third kappa shape index (κ3) is 3.97. The number of hydrogen-bond donors (Lipinski definition) is 1. The highest BCUT2D eigenvalue weighted by Crippen LogP contribution is 2.33. The molecule has 3 aromatic heterocycles. The van der Waals surface area contributed by atoms with Gasteiger partial charge in [0.15, 0.2) is 10.8 Å². The summed E-state index contributed by atoms with van der Waals surface area (Å²) in [4.78, 5) is 31.3. The number of nitrogens with one attached hydrogen (secondary N) is 1. The lowest BCUT2D eigenvalue weighted by Crippen LogP contribution is -2.40. The van der Waals surface area contributed by atoms with Gasteiger partial charge in [0.2, 0.25) is 5.91 Å². The Bertz CT molecular complexity index is 1160. The number of pyridine rings is 1. The smallest absolute Gasteiger partial charge is 0.233 e. The zero-order valence-corrected chi connectivity index (χ0v) is 17.9. The van der Waals surface area contributed by atoms with Gasteiger partial charge in [0, 0.05) is 25.2 Å². The van der Waals surface area contributed by atoms with E-state index in [0.717, 1.165) is 42.0 Å². The molecule has 29 heavy (non-hydrogen) atoms. The lowest BCUT2D eigenvalue weighted by molar-refractivity contribution is -0.129. The molecule has 1 fully saturated rings. The Balaban J connectivity index is 1.24. The van der Waals surface area contributed by atoms with E-state index in [9.17, 15) is 4.79 Å². The van der Waals surface area contributed by atoms with Crippen molar-refractivity contribution in [2.45, 2.75) is 23.9 Å². The Kier molecular flexibility index (Phi) is 5.15. The third-order valence-electron chi connectivity index (χ3n) is 5.05. The average molecular weight is 444 g/mol. The fourth-order valence-electron chi connectivity index (χ4n) is 3.61. The number of benzene rings is 1. The lowest BCUT2D eigenvalue weighted by Gasteiger charge is -2.31. The third-order valence-corrected chi connectivity index (χ3v) is 7.31. The molecule has 1 N–H and O–H groups in total. The summed E-state index contributed by atoms with van der Waals surface area (Å²) in [5, 5.41) is 2.38. The van der Waals surface area contributed by atoms with E-state index in [1.807, 2.05) is 23.1 Å². The van der Waals surface area contributed by atoms with Crippen molar-refractivity contribution < 1.29 is 4.79 Å². The van der Waals surface area contributed by atoms with Crippen LogP contribution in [0.1, 0.15) is 23.8 Å². The fraction of sp³-hybridized carbons (Fsp3) is 0.300. The van der Waals surface area contributed by atoms with Gasteiger partial charge in [-0.25, -0.2) is 15.0 Å². The SMILES string of the molecule is O=C(CSc1nc2ncc(Cl)cc2[nH]1)N1CCCC(c2nc3ccccc3s2)C1. The number of likely N-dealkylation sites (tertiary alicyclic amines) is 1. The molecule has 0 aliphatic carbocycles. The summed E-state index contributed by atoms with van der Waals surface area (Å²) in [7, 11) is 0. The Morgan fingerprint density at radius 1 is 1.34 bits per heavy atom. The molecule has 0 bridgehead atoms. The number of halogens is 1. The van der Waals surface area contributed by atoms with Gasteiger partial charge in [-0.15, -0.1) is 11.3 Å². The molecule has 1 saturated heterocycles. The van der Waals surface area contributed by atoms with Crippen LogP contribution in [0.5, 0.6) is 0 Å². The van der Waals surface area contributed by atoms with Gasteiger partial charge < -0.3 is 9.88 Å². The van der Waals surface area contributed by atoms with Crippen LogP contribution in [0.15, 0.2) is 41.7 Å². The predicted molar refractivity (Wildman–Crippen MR) is 118 cm³/mol. The van der Waals surface area contributed by atoms with Crippen LogP contribution < -0.4 is 0 Å². The van der Waals surface area contributed by atoms with Crippen molar-refractivity contribution in [2.75, 3.05) is 18.8 Å². The summed E-state index contributed by atoms with van der Waals surface area (Å²) in [6.45, 7) is 1.54. The molecule has 6 nitrogen and oxygen atoms in total. The van der Waals surface area contributed by atoms with E-state index < -0.39 is 0 Å². The Labute approximate surface area is 180 Å². The van der Waals surface area contributed by atoms with Crippen LogP contribution in [-0.2, 0) is 4.79 Å². The number of fused-ring (bicyclic) bond motifs is 2. The maximum atomic E-state index is 12.8. The molecule has 1 unspecified atom stereocenters. The molecule has 1 aliphatic rings. The van der Waals surface area contributed by atoms with Gasteiger partial charge >= 0.3 is 0 Å². The van der Waals surface area contributed by atoms with Crippen LogP contribution in [0.2, 0.25) is 5.02 Å². The summed E-state index contributed by atoms with van der Waals surface area (Å²) in [6, 6.07) is 10.00. The first kappa shape index (κ1) is 18.8. The van der Waals surface area contributed by atoms with Crippen LogP contribution in [-0.4, -0.2) is 49.6 Å². The molecule has 5 rings (SSSR count). The van der Waals surface area contributed by atoms with E-state index in [0.29, 0.717) is 27.5 Å². The number of imidazole rings is 1. The van der Waals surface area contributed by atoms with E-state index in [1.165, 1.54) is 16.5 Å². The van der Waals surface area contributed by atoms with E-state index >= 15 is 0 Å². The first-order chi connectivity index (χ1) is 14.2. The molecule has 148 valence electrons. The maximum Gasteiger partial charge on any atom is 0.233 e. The molecule has 9 heteroatoms. The summed E-state index contributed by atoms with van der Waals surface area (Å²) >= 11 is 9.11. The highest BCUT2D eigenvalue weighted by molar-refractivity contribution is 7.99. The summed E-state index contributed by atoms with van der Waals surface area (Å²) < 4.78 is 1.21. The largest absolute Gasteiger partial charge is 0.341 e. The second-order valence-corrected chi connectivity index (χ2v) is 9.52.